The summed E-state index contributed by atoms with van der Waals surface area (Å²) in [5.41, 5.74) is 12.1. The average Bonchev–Trinajstić information content (AvgIpc) is 3.83. The molecule has 0 unspecified atom stereocenters. The van der Waals surface area contributed by atoms with E-state index in [2.05, 4.69) is 94.1 Å². The molecule has 0 spiro atoms. The van der Waals surface area contributed by atoms with Gasteiger partial charge < -0.3 is 4.57 Å². The fourth-order valence-corrected chi connectivity index (χ4v) is 8.35. The molecule has 0 saturated heterocycles. The number of benzene rings is 7. The highest BCUT2D eigenvalue weighted by atomic mass is 15.1. The second-order valence-electron chi connectivity index (χ2n) is 14.5. The second kappa shape index (κ2) is 14.0. The zero-order valence-corrected chi connectivity index (χ0v) is 31.6. The first-order chi connectivity index (χ1) is 29.5. The first-order valence-electron chi connectivity index (χ1n) is 19.0. The Balaban J connectivity index is 1.20. The fourth-order valence-electron chi connectivity index (χ4n) is 8.35. The molecule has 0 aliphatic heterocycles. The molecule has 0 fully saturated rings. The first kappa shape index (κ1) is 35.2. The van der Waals surface area contributed by atoms with E-state index in [-0.39, 0.29) is 0 Å². The summed E-state index contributed by atoms with van der Waals surface area (Å²) in [6.45, 7) is 0. The van der Waals surface area contributed by atoms with Gasteiger partial charge in [0.2, 0.25) is 0 Å². The zero-order valence-electron chi connectivity index (χ0n) is 31.6. The van der Waals surface area contributed by atoms with Gasteiger partial charge in [-0.2, -0.15) is 26.3 Å². The lowest BCUT2D eigenvalue weighted by Gasteiger charge is -2.17. The van der Waals surface area contributed by atoms with Crippen molar-refractivity contribution in [3.63, 3.8) is 0 Å². The normalized spacial score (nSPS) is 10.9. The minimum Gasteiger partial charge on any atom is -0.307 e. The molecular weight excluding hydrogens is 737 g/mol. The van der Waals surface area contributed by atoms with Crippen LogP contribution in [0.5, 0.6) is 0 Å². The van der Waals surface area contributed by atoms with Crippen LogP contribution in [-0.2, 0) is 0 Å². The Morgan fingerprint density at radius 1 is 0.350 bits per heavy atom. The van der Waals surface area contributed by atoms with Gasteiger partial charge in [0.1, 0.15) is 5.82 Å². The summed E-state index contributed by atoms with van der Waals surface area (Å²) >= 11 is 0. The van der Waals surface area contributed by atoms with Crippen molar-refractivity contribution in [1.82, 2.24) is 14.1 Å². The molecule has 0 bridgehead atoms. The molecule has 0 N–H and O–H groups in total. The standard InChI is InChI=1S/C52H26N8/c53-26-32-9-11-37(12-10-32)44-25-52(60-48-8-4-2-6-43(48)46-24-39(14-16-50(46)60)41-21-35(29-56)18-36(22-41)30-57)58-31-51(44)59-47-7-3-1-5-42(47)45-23-38(13-15-49(45)59)40-19-33(27-54)17-34(20-40)28-55/h1-25,31H. The molecule has 274 valence electrons. The van der Waals surface area contributed by atoms with E-state index >= 15 is 0 Å². The molecular formula is C52H26N8. The fraction of sp³-hybridized carbons (Fsp3) is 0. The van der Waals surface area contributed by atoms with Crippen LogP contribution in [0.3, 0.4) is 0 Å². The van der Waals surface area contributed by atoms with Crippen LogP contribution < -0.4 is 0 Å². The number of para-hydroxylation sites is 2. The predicted molar refractivity (Wildman–Crippen MR) is 233 cm³/mol. The number of hydrogen-bond donors (Lipinski definition) is 0. The van der Waals surface area contributed by atoms with Crippen molar-refractivity contribution in [2.75, 3.05) is 0 Å². The minimum atomic E-state index is 0.424. The summed E-state index contributed by atoms with van der Waals surface area (Å²) in [5.74, 6) is 0.698. The van der Waals surface area contributed by atoms with E-state index in [1.807, 2.05) is 66.9 Å². The lowest BCUT2D eigenvalue weighted by molar-refractivity contribution is 1.06. The molecule has 7 aromatic carbocycles. The van der Waals surface area contributed by atoms with Gasteiger partial charge >= 0.3 is 0 Å². The van der Waals surface area contributed by atoms with E-state index in [1.54, 1.807) is 36.4 Å². The molecule has 10 rings (SSSR count). The number of aromatic nitrogens is 3. The van der Waals surface area contributed by atoms with E-state index in [4.69, 9.17) is 4.98 Å². The van der Waals surface area contributed by atoms with Crippen LogP contribution >= 0.6 is 0 Å². The maximum atomic E-state index is 9.69. The summed E-state index contributed by atoms with van der Waals surface area (Å²) in [7, 11) is 0. The van der Waals surface area contributed by atoms with Gasteiger partial charge in [-0.05, 0) is 119 Å². The number of pyridine rings is 1. The van der Waals surface area contributed by atoms with E-state index in [0.29, 0.717) is 33.6 Å². The lowest BCUT2D eigenvalue weighted by Crippen LogP contribution is -2.03. The summed E-state index contributed by atoms with van der Waals surface area (Å²) in [6, 6.07) is 59.8. The number of nitrogens with zero attached hydrogens (tertiary/aromatic N) is 8. The van der Waals surface area contributed by atoms with Crippen molar-refractivity contribution in [2.45, 2.75) is 0 Å². The quantitative estimate of drug-likeness (QED) is 0.171. The van der Waals surface area contributed by atoms with Crippen LogP contribution in [0.1, 0.15) is 27.8 Å². The van der Waals surface area contributed by atoms with Crippen molar-refractivity contribution < 1.29 is 0 Å². The topological polar surface area (TPSA) is 142 Å². The van der Waals surface area contributed by atoms with Gasteiger partial charge in [0, 0.05) is 27.1 Å². The van der Waals surface area contributed by atoms with Crippen molar-refractivity contribution in [1.29, 1.82) is 26.3 Å². The van der Waals surface area contributed by atoms with E-state index < -0.39 is 0 Å². The summed E-state index contributed by atoms with van der Waals surface area (Å²) < 4.78 is 4.37. The molecule has 0 saturated carbocycles. The van der Waals surface area contributed by atoms with E-state index in [1.165, 1.54) is 0 Å². The average molecular weight is 763 g/mol. The summed E-state index contributed by atoms with van der Waals surface area (Å²) in [6.07, 6.45) is 1.91. The SMILES string of the molecule is N#Cc1ccc(-c2cc(-n3c4ccccc4c4cc(-c5cc(C#N)cc(C#N)c5)ccc43)ncc2-n2c3ccccc3c3cc(-c4cc(C#N)cc(C#N)c4)ccc32)cc1. The third-order valence-corrected chi connectivity index (χ3v) is 11.1. The highest BCUT2D eigenvalue weighted by Gasteiger charge is 2.21. The van der Waals surface area contributed by atoms with Crippen molar-refractivity contribution >= 4 is 43.6 Å². The molecule has 0 amide bonds. The number of rotatable bonds is 5. The van der Waals surface area contributed by atoms with Crippen molar-refractivity contribution in [3.05, 3.63) is 186 Å². The van der Waals surface area contributed by atoms with Crippen LogP contribution in [0.4, 0.5) is 0 Å². The van der Waals surface area contributed by atoms with Gasteiger partial charge in [0.05, 0.1) is 92.1 Å². The van der Waals surface area contributed by atoms with E-state index in [0.717, 1.165) is 82.7 Å². The molecule has 3 aromatic heterocycles. The van der Waals surface area contributed by atoms with Crippen LogP contribution in [0.2, 0.25) is 0 Å². The van der Waals surface area contributed by atoms with Gasteiger partial charge in [0.15, 0.2) is 0 Å². The Hall–Kier alpha value is -9.26. The largest absolute Gasteiger partial charge is 0.307 e. The molecule has 60 heavy (non-hydrogen) atoms. The highest BCUT2D eigenvalue weighted by Crippen LogP contribution is 2.40. The monoisotopic (exact) mass is 762 g/mol. The summed E-state index contributed by atoms with van der Waals surface area (Å²) in [4.78, 5) is 5.20. The highest BCUT2D eigenvalue weighted by molar-refractivity contribution is 6.12. The number of nitriles is 5. The Morgan fingerprint density at radius 3 is 1.28 bits per heavy atom. The summed E-state index contributed by atoms with van der Waals surface area (Å²) in [5, 5.41) is 52.5. The van der Waals surface area contributed by atoms with Crippen molar-refractivity contribution in [2.24, 2.45) is 0 Å². The third-order valence-electron chi connectivity index (χ3n) is 11.1. The van der Waals surface area contributed by atoms with Crippen LogP contribution in [-0.4, -0.2) is 14.1 Å². The Kier molecular flexibility index (Phi) is 8.23. The van der Waals surface area contributed by atoms with Crippen molar-refractivity contribution in [3.8, 4) is 75.2 Å². The predicted octanol–water partition coefficient (Wildman–Crippen LogP) is 11.6. The molecule has 0 atom stereocenters. The third kappa shape index (κ3) is 5.69. The first-order valence-corrected chi connectivity index (χ1v) is 19.0. The van der Waals surface area contributed by atoms with Crippen LogP contribution in [0.15, 0.2) is 158 Å². The Labute approximate surface area is 343 Å². The molecule has 3 heterocycles. The number of hydrogen-bond acceptors (Lipinski definition) is 6. The Bertz CT molecular complexity index is 3600. The molecule has 8 heteroatoms. The molecule has 10 aromatic rings. The Morgan fingerprint density at radius 2 is 0.783 bits per heavy atom. The zero-order chi connectivity index (χ0) is 40.9. The van der Waals surface area contributed by atoms with Crippen LogP contribution in [0, 0.1) is 56.7 Å². The van der Waals surface area contributed by atoms with E-state index in [9.17, 15) is 26.3 Å². The molecule has 0 aliphatic carbocycles. The van der Waals surface area contributed by atoms with Gasteiger partial charge in [0.25, 0.3) is 0 Å². The molecule has 0 radical (unpaired) electrons. The lowest BCUT2D eigenvalue weighted by atomic mass is 9.99. The van der Waals surface area contributed by atoms with Gasteiger partial charge in [-0.25, -0.2) is 4.98 Å². The maximum absolute atomic E-state index is 9.69. The van der Waals surface area contributed by atoms with Crippen LogP contribution in [0.25, 0.3) is 88.5 Å². The molecule has 0 aliphatic rings. The maximum Gasteiger partial charge on any atom is 0.138 e. The smallest absolute Gasteiger partial charge is 0.138 e. The van der Waals surface area contributed by atoms with Gasteiger partial charge in [-0.1, -0.05) is 60.7 Å². The van der Waals surface area contributed by atoms with Gasteiger partial charge in [-0.3, -0.25) is 4.57 Å². The minimum absolute atomic E-state index is 0.424. The number of fused-ring (bicyclic) bond motifs is 6. The second-order valence-corrected chi connectivity index (χ2v) is 14.5. The molecule has 8 nitrogen and oxygen atoms in total. The van der Waals surface area contributed by atoms with Gasteiger partial charge in [-0.15, -0.1) is 0 Å².